The van der Waals surface area contributed by atoms with Crippen molar-refractivity contribution in [2.75, 3.05) is 0 Å². The van der Waals surface area contributed by atoms with E-state index in [0.717, 1.165) is 27.6 Å². The minimum atomic E-state index is -0.0691. The highest BCUT2D eigenvalue weighted by Gasteiger charge is 2.11. The molecule has 27 heavy (non-hydrogen) atoms. The average Bonchev–Trinajstić information content (AvgIpc) is 3.40. The van der Waals surface area contributed by atoms with Crippen LogP contribution in [0.2, 0.25) is 0 Å². The van der Waals surface area contributed by atoms with Crippen molar-refractivity contribution in [3.8, 4) is 16.4 Å². The van der Waals surface area contributed by atoms with Gasteiger partial charge in [-0.25, -0.2) is 15.0 Å². The Morgan fingerprint density at radius 1 is 1.11 bits per heavy atom. The Balaban J connectivity index is 1.39. The van der Waals surface area contributed by atoms with Crippen LogP contribution < -0.4 is 5.32 Å². The molecule has 134 valence electrons. The first-order valence-corrected chi connectivity index (χ1v) is 9.36. The third kappa shape index (κ3) is 4.09. The first-order chi connectivity index (χ1) is 13.3. The predicted molar refractivity (Wildman–Crippen MR) is 104 cm³/mol. The van der Waals surface area contributed by atoms with E-state index in [1.807, 2.05) is 58.6 Å². The fraction of sp³-hybridized carbons (Fsp3) is 0.100. The van der Waals surface area contributed by atoms with E-state index >= 15 is 0 Å². The van der Waals surface area contributed by atoms with Crippen molar-refractivity contribution in [3.63, 3.8) is 0 Å². The molecule has 3 heterocycles. The van der Waals surface area contributed by atoms with Gasteiger partial charge in [-0.1, -0.05) is 36.4 Å². The standard InChI is InChI=1S/C20H17N5OS/c26-18(11-17-13-27-20(24-17)15-5-2-1-3-6-15)23-12-16-7-4-8-22-19(16)25-10-9-21-14-25/h1-10,13-14H,11-12H2,(H,23,26). The minimum absolute atomic E-state index is 0.0691. The Labute approximate surface area is 160 Å². The number of rotatable bonds is 6. The zero-order valence-electron chi connectivity index (χ0n) is 14.4. The molecule has 0 atom stereocenters. The van der Waals surface area contributed by atoms with Crippen LogP contribution >= 0.6 is 11.3 Å². The van der Waals surface area contributed by atoms with Crippen LogP contribution in [0.25, 0.3) is 16.4 Å². The quantitative estimate of drug-likeness (QED) is 0.561. The van der Waals surface area contributed by atoms with Gasteiger partial charge < -0.3 is 5.32 Å². The molecule has 0 saturated heterocycles. The first kappa shape index (κ1) is 17.1. The molecule has 0 spiro atoms. The molecular formula is C20H17N5OS. The van der Waals surface area contributed by atoms with E-state index in [2.05, 4.69) is 20.3 Å². The molecule has 1 aromatic carbocycles. The third-order valence-corrected chi connectivity index (χ3v) is 4.95. The number of nitrogens with zero attached hydrogens (tertiary/aromatic N) is 4. The number of carbonyl (C=O) groups is 1. The van der Waals surface area contributed by atoms with Crippen molar-refractivity contribution in [3.05, 3.63) is 84.0 Å². The van der Waals surface area contributed by atoms with Crippen LogP contribution in [0.15, 0.2) is 72.8 Å². The monoisotopic (exact) mass is 375 g/mol. The van der Waals surface area contributed by atoms with Crippen LogP contribution in [0, 0.1) is 0 Å². The Hall–Kier alpha value is -3.32. The van der Waals surface area contributed by atoms with E-state index in [1.54, 1.807) is 30.1 Å². The van der Waals surface area contributed by atoms with Crippen molar-refractivity contribution in [2.45, 2.75) is 13.0 Å². The molecule has 3 aromatic heterocycles. The van der Waals surface area contributed by atoms with Gasteiger partial charge in [-0.3, -0.25) is 9.36 Å². The van der Waals surface area contributed by atoms with Crippen molar-refractivity contribution >= 4 is 17.2 Å². The molecular weight excluding hydrogens is 358 g/mol. The summed E-state index contributed by atoms with van der Waals surface area (Å²) < 4.78 is 1.83. The van der Waals surface area contributed by atoms with Gasteiger partial charge in [0.2, 0.25) is 5.91 Å². The second kappa shape index (κ2) is 7.92. The summed E-state index contributed by atoms with van der Waals surface area (Å²) in [5, 5.41) is 5.81. The number of carbonyl (C=O) groups excluding carboxylic acids is 1. The summed E-state index contributed by atoms with van der Waals surface area (Å²) >= 11 is 1.55. The van der Waals surface area contributed by atoms with E-state index in [1.165, 1.54) is 0 Å². The second-order valence-electron chi connectivity index (χ2n) is 5.92. The van der Waals surface area contributed by atoms with E-state index in [9.17, 15) is 4.79 Å². The minimum Gasteiger partial charge on any atom is -0.352 e. The van der Waals surface area contributed by atoms with E-state index in [4.69, 9.17) is 0 Å². The molecule has 4 rings (SSSR count). The summed E-state index contributed by atoms with van der Waals surface area (Å²) in [6.45, 7) is 0.399. The molecule has 0 bridgehead atoms. The normalized spacial score (nSPS) is 10.7. The number of hydrogen-bond donors (Lipinski definition) is 1. The molecule has 4 aromatic rings. The van der Waals surface area contributed by atoms with Gasteiger partial charge in [0.1, 0.15) is 17.2 Å². The fourth-order valence-corrected chi connectivity index (χ4v) is 3.53. The molecule has 6 nitrogen and oxygen atoms in total. The molecule has 0 saturated carbocycles. The van der Waals surface area contributed by atoms with Crippen molar-refractivity contribution in [1.82, 2.24) is 24.8 Å². The topological polar surface area (TPSA) is 72.7 Å². The Morgan fingerprint density at radius 2 is 2.00 bits per heavy atom. The van der Waals surface area contributed by atoms with E-state index in [0.29, 0.717) is 6.54 Å². The zero-order valence-corrected chi connectivity index (χ0v) is 15.3. The van der Waals surface area contributed by atoms with Crippen molar-refractivity contribution in [1.29, 1.82) is 0 Å². The van der Waals surface area contributed by atoms with Crippen molar-refractivity contribution < 1.29 is 4.79 Å². The molecule has 0 aliphatic carbocycles. The molecule has 0 unspecified atom stereocenters. The average molecular weight is 375 g/mol. The van der Waals surface area contributed by atoms with E-state index < -0.39 is 0 Å². The van der Waals surface area contributed by atoms with Gasteiger partial charge in [-0.2, -0.15) is 0 Å². The van der Waals surface area contributed by atoms with Gasteiger partial charge in [0, 0.05) is 41.6 Å². The second-order valence-corrected chi connectivity index (χ2v) is 6.78. The molecule has 1 N–H and O–H groups in total. The molecule has 1 amide bonds. The van der Waals surface area contributed by atoms with Crippen LogP contribution in [-0.2, 0) is 17.8 Å². The highest BCUT2D eigenvalue weighted by atomic mass is 32.1. The van der Waals surface area contributed by atoms with Crippen LogP contribution in [0.4, 0.5) is 0 Å². The summed E-state index contributed by atoms with van der Waals surface area (Å²) in [5.41, 5.74) is 2.76. The van der Waals surface area contributed by atoms with Crippen LogP contribution in [0.1, 0.15) is 11.3 Å². The lowest BCUT2D eigenvalue weighted by molar-refractivity contribution is -0.120. The number of nitrogens with one attached hydrogen (secondary N) is 1. The molecule has 0 aliphatic heterocycles. The largest absolute Gasteiger partial charge is 0.352 e. The number of pyridine rings is 1. The van der Waals surface area contributed by atoms with E-state index in [-0.39, 0.29) is 12.3 Å². The highest BCUT2D eigenvalue weighted by molar-refractivity contribution is 7.13. The van der Waals surface area contributed by atoms with Crippen LogP contribution in [0.5, 0.6) is 0 Å². The van der Waals surface area contributed by atoms with Crippen LogP contribution in [-0.4, -0.2) is 25.4 Å². The van der Waals surface area contributed by atoms with Gasteiger partial charge in [0.15, 0.2) is 0 Å². The third-order valence-electron chi connectivity index (χ3n) is 4.01. The lowest BCUT2D eigenvalue weighted by Crippen LogP contribution is -2.25. The summed E-state index contributed by atoms with van der Waals surface area (Å²) in [5.74, 6) is 0.690. The smallest absolute Gasteiger partial charge is 0.226 e. The maximum atomic E-state index is 12.3. The number of aromatic nitrogens is 4. The zero-order chi connectivity index (χ0) is 18.5. The summed E-state index contributed by atoms with van der Waals surface area (Å²) in [6, 6.07) is 13.8. The number of benzene rings is 1. The summed E-state index contributed by atoms with van der Waals surface area (Å²) in [7, 11) is 0. The number of amides is 1. The van der Waals surface area contributed by atoms with Gasteiger partial charge in [0.05, 0.1) is 12.1 Å². The van der Waals surface area contributed by atoms with Gasteiger partial charge in [0.25, 0.3) is 0 Å². The Morgan fingerprint density at radius 3 is 2.81 bits per heavy atom. The number of imidazole rings is 1. The molecule has 7 heteroatoms. The van der Waals surface area contributed by atoms with Crippen molar-refractivity contribution in [2.24, 2.45) is 0 Å². The maximum absolute atomic E-state index is 12.3. The molecule has 0 radical (unpaired) electrons. The summed E-state index contributed by atoms with van der Waals surface area (Å²) in [4.78, 5) is 25.3. The maximum Gasteiger partial charge on any atom is 0.226 e. The first-order valence-electron chi connectivity index (χ1n) is 8.48. The number of hydrogen-bond acceptors (Lipinski definition) is 5. The lowest BCUT2D eigenvalue weighted by atomic mass is 10.2. The predicted octanol–water partition coefficient (Wildman–Crippen LogP) is 3.25. The lowest BCUT2D eigenvalue weighted by Gasteiger charge is -2.09. The highest BCUT2D eigenvalue weighted by Crippen LogP contribution is 2.23. The van der Waals surface area contributed by atoms with Gasteiger partial charge in [-0.05, 0) is 6.07 Å². The van der Waals surface area contributed by atoms with Gasteiger partial charge in [-0.15, -0.1) is 11.3 Å². The SMILES string of the molecule is O=C(Cc1csc(-c2ccccc2)n1)NCc1cccnc1-n1ccnc1. The molecule has 0 fully saturated rings. The Bertz CT molecular complexity index is 1030. The number of thiazole rings is 1. The summed E-state index contributed by atoms with van der Waals surface area (Å²) in [6.07, 6.45) is 7.19. The fourth-order valence-electron chi connectivity index (χ4n) is 2.71. The Kier molecular flexibility index (Phi) is 5.02. The van der Waals surface area contributed by atoms with Crippen LogP contribution in [0.3, 0.4) is 0 Å². The van der Waals surface area contributed by atoms with Gasteiger partial charge >= 0.3 is 0 Å². The molecule has 0 aliphatic rings.